The maximum atomic E-state index is 12.7. The fraction of sp³-hybridized carbons (Fsp3) is 0.381. The van der Waals surface area contributed by atoms with Gasteiger partial charge in [0, 0.05) is 31.9 Å². The molecule has 0 aliphatic carbocycles. The van der Waals surface area contributed by atoms with Crippen LogP contribution in [0.2, 0.25) is 5.02 Å². The highest BCUT2D eigenvalue weighted by Crippen LogP contribution is 2.29. The van der Waals surface area contributed by atoms with Crippen molar-refractivity contribution in [2.75, 3.05) is 50.6 Å². The minimum Gasteiger partial charge on any atom is -0.495 e. The second-order valence-corrected chi connectivity index (χ2v) is 7.12. The van der Waals surface area contributed by atoms with Gasteiger partial charge in [0.15, 0.2) is 0 Å². The lowest BCUT2D eigenvalue weighted by molar-refractivity contribution is -0.120. The number of para-hydroxylation sites is 2. The average Bonchev–Trinajstić information content (AvgIpc) is 2.73. The van der Waals surface area contributed by atoms with Crippen molar-refractivity contribution in [2.24, 2.45) is 0 Å². The highest BCUT2D eigenvalue weighted by Gasteiger charge is 2.26. The predicted octanol–water partition coefficient (Wildman–Crippen LogP) is 3.51. The Morgan fingerprint density at radius 3 is 2.36 bits per heavy atom. The molecule has 3 rings (SSSR count). The molecule has 0 unspecified atom stereocenters. The van der Waals surface area contributed by atoms with Crippen LogP contribution in [0.15, 0.2) is 42.5 Å². The quantitative estimate of drug-likeness (QED) is 0.799. The molecule has 1 atom stereocenters. The SMILES string of the molecule is COc1ccc(NC(=O)[C@@H](C)N2CCN(c3ccccc3OC)CC2)cc1Cl. The summed E-state index contributed by atoms with van der Waals surface area (Å²) < 4.78 is 10.6. The van der Waals surface area contributed by atoms with Gasteiger partial charge in [-0.05, 0) is 37.3 Å². The van der Waals surface area contributed by atoms with E-state index in [2.05, 4.69) is 21.2 Å². The molecule has 7 heteroatoms. The normalized spacial score (nSPS) is 15.8. The van der Waals surface area contributed by atoms with E-state index in [0.717, 1.165) is 37.6 Å². The van der Waals surface area contributed by atoms with Crippen molar-refractivity contribution >= 4 is 28.9 Å². The number of benzene rings is 2. The van der Waals surface area contributed by atoms with Crippen molar-refractivity contribution < 1.29 is 14.3 Å². The number of ether oxygens (including phenoxy) is 2. The van der Waals surface area contributed by atoms with Crippen LogP contribution < -0.4 is 19.7 Å². The molecule has 1 amide bonds. The Hall–Kier alpha value is -2.44. The molecule has 1 N–H and O–H groups in total. The van der Waals surface area contributed by atoms with E-state index >= 15 is 0 Å². The fourth-order valence-electron chi connectivity index (χ4n) is 3.40. The Labute approximate surface area is 171 Å². The van der Waals surface area contributed by atoms with Gasteiger partial charge in [-0.3, -0.25) is 9.69 Å². The standard InChI is InChI=1S/C21H26ClN3O3/c1-15(21(26)23-16-8-9-19(27-2)17(22)14-16)24-10-12-25(13-11-24)18-6-4-5-7-20(18)28-3/h4-9,14-15H,10-13H2,1-3H3,(H,23,26)/t15-/m1/s1. The van der Waals surface area contributed by atoms with Gasteiger partial charge in [0.2, 0.25) is 5.91 Å². The fourth-order valence-corrected chi connectivity index (χ4v) is 3.66. The number of carbonyl (C=O) groups excluding carboxylic acids is 1. The van der Waals surface area contributed by atoms with Crippen LogP contribution >= 0.6 is 11.6 Å². The second kappa shape index (κ2) is 9.17. The van der Waals surface area contributed by atoms with Crippen LogP contribution in [0.3, 0.4) is 0 Å². The van der Waals surface area contributed by atoms with Gasteiger partial charge in [-0.1, -0.05) is 23.7 Å². The number of amides is 1. The predicted molar refractivity (Wildman–Crippen MR) is 113 cm³/mol. The zero-order valence-electron chi connectivity index (χ0n) is 16.4. The molecule has 1 saturated heterocycles. The summed E-state index contributed by atoms with van der Waals surface area (Å²) in [6.45, 7) is 5.21. The summed E-state index contributed by atoms with van der Waals surface area (Å²) in [6.07, 6.45) is 0. The molecule has 28 heavy (non-hydrogen) atoms. The second-order valence-electron chi connectivity index (χ2n) is 6.71. The summed E-state index contributed by atoms with van der Waals surface area (Å²) in [6, 6.07) is 13.0. The average molecular weight is 404 g/mol. The first-order chi connectivity index (χ1) is 13.5. The Morgan fingerprint density at radius 2 is 1.71 bits per heavy atom. The lowest BCUT2D eigenvalue weighted by atomic mass is 10.2. The van der Waals surface area contributed by atoms with Crippen LogP contribution in [0.4, 0.5) is 11.4 Å². The largest absolute Gasteiger partial charge is 0.495 e. The molecule has 1 heterocycles. The molecule has 6 nitrogen and oxygen atoms in total. The van der Waals surface area contributed by atoms with Gasteiger partial charge in [0.05, 0.1) is 31.0 Å². The zero-order chi connectivity index (χ0) is 20.1. The number of methoxy groups -OCH3 is 2. The third-order valence-electron chi connectivity index (χ3n) is 5.09. The van der Waals surface area contributed by atoms with Crippen molar-refractivity contribution in [1.82, 2.24) is 4.90 Å². The van der Waals surface area contributed by atoms with E-state index in [4.69, 9.17) is 21.1 Å². The van der Waals surface area contributed by atoms with Crippen molar-refractivity contribution in [3.05, 3.63) is 47.5 Å². The zero-order valence-corrected chi connectivity index (χ0v) is 17.2. The summed E-state index contributed by atoms with van der Waals surface area (Å²) >= 11 is 6.14. The molecule has 0 radical (unpaired) electrons. The van der Waals surface area contributed by atoms with Crippen LogP contribution in [0, 0.1) is 0 Å². The van der Waals surface area contributed by atoms with Gasteiger partial charge in [0.25, 0.3) is 0 Å². The lowest BCUT2D eigenvalue weighted by Crippen LogP contribution is -2.52. The molecule has 2 aromatic carbocycles. The number of hydrogen-bond donors (Lipinski definition) is 1. The number of rotatable bonds is 6. The molecule has 1 aliphatic heterocycles. The third-order valence-corrected chi connectivity index (χ3v) is 5.38. The van der Waals surface area contributed by atoms with Gasteiger partial charge >= 0.3 is 0 Å². The lowest BCUT2D eigenvalue weighted by Gasteiger charge is -2.38. The van der Waals surface area contributed by atoms with E-state index in [0.29, 0.717) is 16.5 Å². The first-order valence-electron chi connectivity index (χ1n) is 9.30. The van der Waals surface area contributed by atoms with Crippen LogP contribution in [-0.2, 0) is 4.79 Å². The Morgan fingerprint density at radius 1 is 1.04 bits per heavy atom. The van der Waals surface area contributed by atoms with E-state index in [1.807, 2.05) is 25.1 Å². The maximum Gasteiger partial charge on any atom is 0.241 e. The molecule has 2 aromatic rings. The molecular formula is C21H26ClN3O3. The maximum absolute atomic E-state index is 12.7. The number of piperazine rings is 1. The van der Waals surface area contributed by atoms with Crippen molar-refractivity contribution in [1.29, 1.82) is 0 Å². The minimum absolute atomic E-state index is 0.0491. The van der Waals surface area contributed by atoms with Crippen LogP contribution in [0.1, 0.15) is 6.92 Å². The summed E-state index contributed by atoms with van der Waals surface area (Å²) in [5.74, 6) is 1.41. The van der Waals surface area contributed by atoms with Gasteiger partial charge in [-0.2, -0.15) is 0 Å². The molecule has 0 spiro atoms. The number of anilines is 2. The van der Waals surface area contributed by atoms with E-state index in [1.54, 1.807) is 32.4 Å². The third kappa shape index (κ3) is 4.51. The Bertz CT molecular complexity index is 822. The van der Waals surface area contributed by atoms with Crippen molar-refractivity contribution in [3.63, 3.8) is 0 Å². The molecule has 1 fully saturated rings. The van der Waals surface area contributed by atoms with Crippen molar-refractivity contribution in [2.45, 2.75) is 13.0 Å². The highest BCUT2D eigenvalue weighted by atomic mass is 35.5. The summed E-state index contributed by atoms with van der Waals surface area (Å²) in [5.41, 5.74) is 1.75. The van der Waals surface area contributed by atoms with E-state index < -0.39 is 0 Å². The van der Waals surface area contributed by atoms with Crippen molar-refractivity contribution in [3.8, 4) is 11.5 Å². The topological polar surface area (TPSA) is 54.0 Å². The summed E-state index contributed by atoms with van der Waals surface area (Å²) in [4.78, 5) is 17.2. The van der Waals surface area contributed by atoms with E-state index in [9.17, 15) is 4.79 Å². The van der Waals surface area contributed by atoms with E-state index in [1.165, 1.54) is 0 Å². The number of halogens is 1. The van der Waals surface area contributed by atoms with Gasteiger partial charge in [-0.25, -0.2) is 0 Å². The number of nitrogens with zero attached hydrogens (tertiary/aromatic N) is 2. The summed E-state index contributed by atoms with van der Waals surface area (Å²) in [5, 5.41) is 3.41. The first-order valence-corrected chi connectivity index (χ1v) is 9.67. The molecule has 150 valence electrons. The Balaban J connectivity index is 1.58. The smallest absolute Gasteiger partial charge is 0.241 e. The monoisotopic (exact) mass is 403 g/mol. The van der Waals surface area contributed by atoms with Crippen LogP contribution in [0.25, 0.3) is 0 Å². The Kier molecular flexibility index (Phi) is 6.65. The molecule has 0 bridgehead atoms. The molecule has 0 aromatic heterocycles. The van der Waals surface area contributed by atoms with Crippen LogP contribution in [0.5, 0.6) is 11.5 Å². The molecule has 1 aliphatic rings. The van der Waals surface area contributed by atoms with Gasteiger partial charge < -0.3 is 19.7 Å². The first kappa shape index (κ1) is 20.3. The van der Waals surface area contributed by atoms with Crippen LogP contribution in [-0.4, -0.2) is 57.2 Å². The van der Waals surface area contributed by atoms with E-state index in [-0.39, 0.29) is 11.9 Å². The number of hydrogen-bond acceptors (Lipinski definition) is 5. The number of nitrogens with one attached hydrogen (secondary N) is 1. The van der Waals surface area contributed by atoms with Gasteiger partial charge in [-0.15, -0.1) is 0 Å². The van der Waals surface area contributed by atoms with Gasteiger partial charge in [0.1, 0.15) is 11.5 Å². The minimum atomic E-state index is -0.235. The highest BCUT2D eigenvalue weighted by molar-refractivity contribution is 6.32. The molecule has 0 saturated carbocycles. The molecular weight excluding hydrogens is 378 g/mol. The summed E-state index contributed by atoms with van der Waals surface area (Å²) in [7, 11) is 3.25. The number of carbonyl (C=O) groups is 1.